The van der Waals surface area contributed by atoms with Crippen molar-refractivity contribution in [1.29, 1.82) is 0 Å². The second kappa shape index (κ2) is 9.38. The van der Waals surface area contributed by atoms with Gasteiger partial charge in [0.15, 0.2) is 16.3 Å². The topological polar surface area (TPSA) is 79.1 Å². The number of ether oxygens (including phenoxy) is 3. The van der Waals surface area contributed by atoms with Crippen molar-refractivity contribution in [2.45, 2.75) is 19.9 Å². The average Bonchev–Trinajstić information content (AvgIpc) is 3.03. The summed E-state index contributed by atoms with van der Waals surface area (Å²) < 4.78 is 18.3. The van der Waals surface area contributed by atoms with Crippen LogP contribution in [0.5, 0.6) is 11.5 Å². The van der Waals surface area contributed by atoms with E-state index in [0.29, 0.717) is 21.8 Å². The van der Waals surface area contributed by atoms with Gasteiger partial charge in [0.1, 0.15) is 6.54 Å². The summed E-state index contributed by atoms with van der Waals surface area (Å²) in [7, 11) is 3.10. The molecule has 0 aliphatic rings. The van der Waals surface area contributed by atoms with Crippen molar-refractivity contribution in [1.82, 2.24) is 4.57 Å². The second-order valence-corrected chi connectivity index (χ2v) is 7.13. The Kier molecular flexibility index (Phi) is 6.66. The molecule has 29 heavy (non-hydrogen) atoms. The third kappa shape index (κ3) is 4.83. The number of carbonyl (C=O) groups is 2. The molecular weight excluding hydrogens is 392 g/mol. The highest BCUT2D eigenvalue weighted by Gasteiger charge is 2.16. The van der Waals surface area contributed by atoms with Gasteiger partial charge in [-0.15, -0.1) is 0 Å². The van der Waals surface area contributed by atoms with Crippen molar-refractivity contribution in [3.63, 3.8) is 0 Å². The number of esters is 1. The number of rotatable bonds is 7. The first kappa shape index (κ1) is 20.6. The quantitative estimate of drug-likeness (QED) is 0.556. The van der Waals surface area contributed by atoms with Gasteiger partial charge in [-0.1, -0.05) is 41.7 Å². The van der Waals surface area contributed by atoms with Crippen LogP contribution in [0.25, 0.3) is 10.2 Å². The molecule has 1 amide bonds. The molecule has 0 saturated heterocycles. The highest BCUT2D eigenvalue weighted by atomic mass is 32.1. The van der Waals surface area contributed by atoms with Crippen LogP contribution in [0, 0.1) is 0 Å². The predicted octanol–water partition coefficient (Wildman–Crippen LogP) is 2.95. The van der Waals surface area contributed by atoms with Crippen molar-refractivity contribution < 1.29 is 23.8 Å². The molecule has 0 aliphatic heterocycles. The molecule has 1 aromatic heterocycles. The van der Waals surface area contributed by atoms with Crippen LogP contribution >= 0.6 is 11.3 Å². The smallest absolute Gasteiger partial charge is 0.326 e. The molecule has 0 spiro atoms. The molecule has 8 heteroatoms. The molecular formula is C21H22N2O5S. The van der Waals surface area contributed by atoms with E-state index < -0.39 is 5.97 Å². The minimum atomic E-state index is -0.404. The summed E-state index contributed by atoms with van der Waals surface area (Å²) in [6.45, 7) is 1.97. The molecule has 152 valence electrons. The Morgan fingerprint density at radius 2 is 1.76 bits per heavy atom. The van der Waals surface area contributed by atoms with Crippen molar-refractivity contribution in [3.8, 4) is 11.5 Å². The van der Waals surface area contributed by atoms with Crippen molar-refractivity contribution in [3.05, 3.63) is 52.8 Å². The summed E-state index contributed by atoms with van der Waals surface area (Å²) in [6.07, 6.45) is 0.182. The van der Waals surface area contributed by atoms with Gasteiger partial charge in [0.05, 0.1) is 37.5 Å². The van der Waals surface area contributed by atoms with Crippen LogP contribution in [-0.2, 0) is 27.3 Å². The first-order chi connectivity index (χ1) is 14.0. The van der Waals surface area contributed by atoms with E-state index in [9.17, 15) is 9.59 Å². The normalized spacial score (nSPS) is 11.5. The van der Waals surface area contributed by atoms with Crippen LogP contribution in [0.3, 0.4) is 0 Å². The number of methoxy groups -OCH3 is 2. The lowest BCUT2D eigenvalue weighted by Crippen LogP contribution is -2.23. The van der Waals surface area contributed by atoms with Crippen molar-refractivity contribution >= 4 is 33.4 Å². The van der Waals surface area contributed by atoms with E-state index in [-0.39, 0.29) is 25.5 Å². The maximum absolute atomic E-state index is 12.5. The van der Waals surface area contributed by atoms with Gasteiger partial charge >= 0.3 is 5.97 Å². The minimum Gasteiger partial charge on any atom is -0.493 e. The molecule has 2 aromatic carbocycles. The second-order valence-electron chi connectivity index (χ2n) is 6.12. The Morgan fingerprint density at radius 3 is 2.41 bits per heavy atom. The van der Waals surface area contributed by atoms with Gasteiger partial charge < -0.3 is 18.8 Å². The van der Waals surface area contributed by atoms with E-state index in [1.807, 2.05) is 30.3 Å². The number of benzene rings is 2. The van der Waals surface area contributed by atoms with E-state index in [1.165, 1.54) is 11.3 Å². The third-order valence-corrected chi connectivity index (χ3v) is 5.24. The fourth-order valence-electron chi connectivity index (χ4n) is 2.89. The van der Waals surface area contributed by atoms with E-state index in [1.54, 1.807) is 37.8 Å². The molecule has 3 aromatic rings. The summed E-state index contributed by atoms with van der Waals surface area (Å²) in [5.74, 6) is 0.391. The largest absolute Gasteiger partial charge is 0.493 e. The molecule has 7 nitrogen and oxygen atoms in total. The number of nitrogens with zero attached hydrogens (tertiary/aromatic N) is 2. The summed E-state index contributed by atoms with van der Waals surface area (Å²) in [5, 5.41) is 0. The van der Waals surface area contributed by atoms with E-state index in [4.69, 9.17) is 14.2 Å². The highest BCUT2D eigenvalue weighted by Crippen LogP contribution is 2.33. The first-order valence-electron chi connectivity index (χ1n) is 9.08. The molecule has 0 N–H and O–H groups in total. The standard InChI is InChI=1S/C21H22N2O5S/c1-4-28-20(25)13-23-15-11-16(26-2)17(27-3)12-18(15)29-21(23)22-19(24)10-14-8-6-5-7-9-14/h5-9,11-12H,4,10,13H2,1-3H3. The molecule has 0 unspecified atom stereocenters. The average molecular weight is 414 g/mol. The van der Waals surface area contributed by atoms with Crippen LogP contribution in [0.4, 0.5) is 0 Å². The van der Waals surface area contributed by atoms with Gasteiger partial charge in [0, 0.05) is 12.1 Å². The van der Waals surface area contributed by atoms with E-state index >= 15 is 0 Å². The SMILES string of the molecule is CCOC(=O)Cn1c(=NC(=O)Cc2ccccc2)sc2cc(OC)c(OC)cc21. The molecule has 0 saturated carbocycles. The Bertz CT molecular complexity index is 1090. The number of aromatic nitrogens is 1. The maximum atomic E-state index is 12.5. The zero-order valence-corrected chi connectivity index (χ0v) is 17.3. The lowest BCUT2D eigenvalue weighted by molar-refractivity contribution is -0.143. The zero-order chi connectivity index (χ0) is 20.8. The predicted molar refractivity (Wildman–Crippen MR) is 110 cm³/mol. The fourth-order valence-corrected chi connectivity index (χ4v) is 3.94. The summed E-state index contributed by atoms with van der Waals surface area (Å²) >= 11 is 1.30. The van der Waals surface area contributed by atoms with E-state index in [0.717, 1.165) is 10.3 Å². The number of carbonyl (C=O) groups excluding carboxylic acids is 2. The molecule has 0 bridgehead atoms. The third-order valence-electron chi connectivity index (χ3n) is 4.20. The van der Waals surface area contributed by atoms with Crippen molar-refractivity contribution in [2.75, 3.05) is 20.8 Å². The highest BCUT2D eigenvalue weighted by molar-refractivity contribution is 7.16. The molecule has 0 aliphatic carbocycles. The molecule has 0 atom stereocenters. The zero-order valence-electron chi connectivity index (χ0n) is 16.5. The Hall–Kier alpha value is -3.13. The monoisotopic (exact) mass is 414 g/mol. The summed E-state index contributed by atoms with van der Waals surface area (Å²) in [5.41, 5.74) is 1.59. The number of thiazole rings is 1. The molecule has 0 fully saturated rings. The van der Waals surface area contributed by atoms with Gasteiger partial charge in [-0.25, -0.2) is 0 Å². The van der Waals surface area contributed by atoms with Gasteiger partial charge in [0.2, 0.25) is 0 Å². The molecule has 0 radical (unpaired) electrons. The lowest BCUT2D eigenvalue weighted by atomic mass is 10.1. The van der Waals surface area contributed by atoms with E-state index in [2.05, 4.69) is 4.99 Å². The fraction of sp³-hybridized carbons (Fsp3) is 0.286. The number of hydrogen-bond donors (Lipinski definition) is 0. The molecule has 1 heterocycles. The Labute approximate surface area is 172 Å². The van der Waals surface area contributed by atoms with Gasteiger partial charge in [0.25, 0.3) is 5.91 Å². The van der Waals surface area contributed by atoms with Gasteiger partial charge in [-0.3, -0.25) is 9.59 Å². The summed E-state index contributed by atoms with van der Waals surface area (Å²) in [6, 6.07) is 13.0. The number of amides is 1. The summed E-state index contributed by atoms with van der Waals surface area (Å²) in [4.78, 5) is 29.4. The first-order valence-corrected chi connectivity index (χ1v) is 9.89. The lowest BCUT2D eigenvalue weighted by Gasteiger charge is -2.09. The Morgan fingerprint density at radius 1 is 1.07 bits per heavy atom. The number of fused-ring (bicyclic) bond motifs is 1. The maximum Gasteiger partial charge on any atom is 0.326 e. The van der Waals surface area contributed by atoms with Crippen LogP contribution in [-0.4, -0.2) is 37.3 Å². The van der Waals surface area contributed by atoms with Crippen LogP contribution < -0.4 is 14.3 Å². The van der Waals surface area contributed by atoms with Crippen molar-refractivity contribution in [2.24, 2.45) is 4.99 Å². The van der Waals surface area contributed by atoms with Crippen LogP contribution in [0.15, 0.2) is 47.5 Å². The van der Waals surface area contributed by atoms with Gasteiger partial charge in [-0.05, 0) is 12.5 Å². The molecule has 3 rings (SSSR count). The Balaban J connectivity index is 2.08. The van der Waals surface area contributed by atoms with Crippen LogP contribution in [0.1, 0.15) is 12.5 Å². The van der Waals surface area contributed by atoms with Gasteiger partial charge in [-0.2, -0.15) is 4.99 Å². The number of hydrogen-bond acceptors (Lipinski definition) is 6. The van der Waals surface area contributed by atoms with Crippen LogP contribution in [0.2, 0.25) is 0 Å². The minimum absolute atomic E-state index is 0.0548.